The van der Waals surface area contributed by atoms with Crippen molar-refractivity contribution in [2.24, 2.45) is 0 Å². The number of hydrogen-bond acceptors (Lipinski definition) is 3. The minimum Gasteiger partial charge on any atom is -0.394 e. The number of halogens is 2. The van der Waals surface area contributed by atoms with Gasteiger partial charge >= 0.3 is 0 Å². The summed E-state index contributed by atoms with van der Waals surface area (Å²) in [5.41, 5.74) is 5.39. The lowest BCUT2D eigenvalue weighted by Gasteiger charge is -1.94. The van der Waals surface area contributed by atoms with Crippen molar-refractivity contribution >= 4 is 28.9 Å². The van der Waals surface area contributed by atoms with Gasteiger partial charge in [0.05, 0.1) is 0 Å². The van der Waals surface area contributed by atoms with E-state index in [9.17, 15) is 0 Å². The largest absolute Gasteiger partial charge is 0.394 e. The first-order valence-electron chi connectivity index (χ1n) is 2.56. The average molecular weight is 165 g/mol. The third-order valence-corrected chi connectivity index (χ3v) is 1.32. The second kappa shape index (κ2) is 2.37. The van der Waals surface area contributed by atoms with Crippen LogP contribution in [0.3, 0.4) is 0 Å². The maximum atomic E-state index is 6.93. The first kappa shape index (κ1) is 5.26. The van der Waals surface area contributed by atoms with Gasteiger partial charge in [-0.1, -0.05) is 23.2 Å². The predicted octanol–water partition coefficient (Wildman–Crippen LogP) is 1.37. The third kappa shape index (κ3) is 1.23. The molecule has 0 unspecified atom stereocenters. The molecule has 0 aliphatic heterocycles. The van der Waals surface area contributed by atoms with E-state index in [1.165, 1.54) is 0 Å². The van der Waals surface area contributed by atoms with Crippen molar-refractivity contribution in [2.45, 2.75) is 0 Å². The van der Waals surface area contributed by atoms with Gasteiger partial charge in [0.2, 0.25) is 0 Å². The lowest BCUT2D eigenvalue weighted by atomic mass is 10.6. The van der Waals surface area contributed by atoms with Crippen LogP contribution in [0.4, 0.5) is 5.69 Å². The molecule has 0 aliphatic carbocycles. The molecule has 0 spiro atoms. The van der Waals surface area contributed by atoms with Crippen molar-refractivity contribution in [3.8, 4) is 0 Å². The molecule has 0 saturated carbocycles. The second-order valence-corrected chi connectivity index (χ2v) is 2.03. The molecule has 0 aromatic carbocycles. The first-order valence-corrected chi connectivity index (χ1v) is 2.82. The Kier molecular flexibility index (Phi) is 1.39. The lowest BCUT2D eigenvalue weighted by Crippen LogP contribution is -1.91. The van der Waals surface area contributed by atoms with E-state index in [0.717, 1.165) is 0 Å². The zero-order valence-electron chi connectivity index (χ0n) is 5.23. The van der Waals surface area contributed by atoms with Crippen LogP contribution in [-0.2, 0) is 0 Å². The Bertz CT molecular complexity index is 242. The van der Waals surface area contributed by atoms with Gasteiger partial charge in [-0.25, -0.2) is 9.97 Å². The Labute approximate surface area is 63.2 Å². The quantitative estimate of drug-likeness (QED) is 0.590. The fraction of sp³-hybridized carbons (Fsp3) is 0. The molecule has 5 heteroatoms. The molecule has 9 heavy (non-hydrogen) atoms. The van der Waals surface area contributed by atoms with Crippen molar-refractivity contribution in [2.75, 3.05) is 5.73 Å². The minimum atomic E-state index is -0.232. The second-order valence-electron chi connectivity index (χ2n) is 1.32. The van der Waals surface area contributed by atoms with Gasteiger partial charge in [-0.15, -0.1) is 0 Å². The number of hydrogen-bond donors (Lipinski definition) is 1. The Morgan fingerprint density at radius 1 is 1.44 bits per heavy atom. The van der Waals surface area contributed by atoms with Crippen molar-refractivity contribution in [1.82, 2.24) is 9.97 Å². The SMILES string of the molecule is [2H]c1nc(Cl)c(N)c(Cl)n1. The summed E-state index contributed by atoms with van der Waals surface area (Å²) in [5, 5.41) is 0.0370. The smallest absolute Gasteiger partial charge is 0.156 e. The molecule has 0 bridgehead atoms. The van der Waals surface area contributed by atoms with Crippen LogP contribution in [0.25, 0.3) is 0 Å². The molecule has 1 aromatic heterocycles. The minimum absolute atomic E-state index is 0.0185. The predicted molar refractivity (Wildman–Crippen MR) is 36.5 cm³/mol. The van der Waals surface area contributed by atoms with Gasteiger partial charge in [0.1, 0.15) is 13.4 Å². The van der Waals surface area contributed by atoms with E-state index in [4.69, 9.17) is 30.3 Å². The van der Waals surface area contributed by atoms with Crippen LogP contribution in [-0.4, -0.2) is 9.97 Å². The van der Waals surface area contributed by atoms with Crippen molar-refractivity contribution in [3.63, 3.8) is 0 Å². The molecule has 0 aliphatic rings. The summed E-state index contributed by atoms with van der Waals surface area (Å²) in [7, 11) is 0. The van der Waals surface area contributed by atoms with Crippen LogP contribution in [0.1, 0.15) is 1.37 Å². The van der Waals surface area contributed by atoms with E-state index in [-0.39, 0.29) is 22.3 Å². The van der Waals surface area contributed by atoms with Gasteiger partial charge in [0, 0.05) is 0 Å². The molecule has 0 saturated heterocycles. The number of rotatable bonds is 0. The molecule has 3 nitrogen and oxygen atoms in total. The van der Waals surface area contributed by atoms with E-state index in [1.807, 2.05) is 0 Å². The summed E-state index contributed by atoms with van der Waals surface area (Å²) >= 11 is 10.9. The number of nitrogen functional groups attached to an aromatic ring is 1. The molecule has 0 amide bonds. The van der Waals surface area contributed by atoms with Crippen molar-refractivity contribution in [1.29, 1.82) is 0 Å². The standard InChI is InChI=1S/C4H3Cl2N3/c5-3-2(7)4(6)9-1-8-3/h1H,7H2/i1D. The molecule has 1 aromatic rings. The molecule has 0 atom stereocenters. The number of anilines is 1. The molecule has 0 fully saturated rings. The highest BCUT2D eigenvalue weighted by Gasteiger charge is 2.00. The van der Waals surface area contributed by atoms with E-state index in [2.05, 4.69) is 9.97 Å². The van der Waals surface area contributed by atoms with E-state index >= 15 is 0 Å². The zero-order valence-corrected chi connectivity index (χ0v) is 5.74. The zero-order chi connectivity index (χ0) is 7.72. The van der Waals surface area contributed by atoms with Crippen LogP contribution in [0.15, 0.2) is 6.30 Å². The van der Waals surface area contributed by atoms with E-state index in [0.29, 0.717) is 0 Å². The Morgan fingerprint density at radius 3 is 2.33 bits per heavy atom. The Hall–Kier alpha value is -0.540. The molecule has 1 heterocycles. The molecular formula is C4H3Cl2N3. The summed E-state index contributed by atoms with van der Waals surface area (Å²) in [5.74, 6) is 0. The highest BCUT2D eigenvalue weighted by atomic mass is 35.5. The van der Waals surface area contributed by atoms with E-state index < -0.39 is 0 Å². The summed E-state index contributed by atoms with van der Waals surface area (Å²) in [6, 6.07) is 0. The van der Waals surface area contributed by atoms with Crippen LogP contribution in [0.5, 0.6) is 0 Å². The fourth-order valence-electron chi connectivity index (χ4n) is 0.318. The highest BCUT2D eigenvalue weighted by molar-refractivity contribution is 6.37. The Balaban J connectivity index is 3.31. The highest BCUT2D eigenvalue weighted by Crippen LogP contribution is 2.20. The lowest BCUT2D eigenvalue weighted by molar-refractivity contribution is 1.17. The van der Waals surface area contributed by atoms with Gasteiger partial charge in [0.15, 0.2) is 10.3 Å². The number of nitrogens with two attached hydrogens (primary N) is 1. The van der Waals surface area contributed by atoms with Gasteiger partial charge in [-0.05, 0) is 0 Å². The topological polar surface area (TPSA) is 51.8 Å². The number of aromatic nitrogens is 2. The molecule has 0 radical (unpaired) electrons. The van der Waals surface area contributed by atoms with Gasteiger partial charge in [0.25, 0.3) is 0 Å². The molecule has 1 rings (SSSR count). The number of nitrogens with zero attached hydrogens (tertiary/aromatic N) is 2. The average Bonchev–Trinajstić information content (AvgIpc) is 1.82. The van der Waals surface area contributed by atoms with Gasteiger partial charge in [-0.2, -0.15) is 0 Å². The first-order chi connectivity index (χ1) is 4.61. The van der Waals surface area contributed by atoms with Crippen LogP contribution >= 0.6 is 23.2 Å². The van der Waals surface area contributed by atoms with Gasteiger partial charge < -0.3 is 5.73 Å². The monoisotopic (exact) mass is 164 g/mol. The summed E-state index contributed by atoms with van der Waals surface area (Å²) in [6.45, 7) is 0. The summed E-state index contributed by atoms with van der Waals surface area (Å²) in [6.07, 6.45) is -0.232. The molecule has 2 N–H and O–H groups in total. The Morgan fingerprint density at radius 2 is 1.89 bits per heavy atom. The maximum absolute atomic E-state index is 6.93. The van der Waals surface area contributed by atoms with Crippen molar-refractivity contribution in [3.05, 3.63) is 16.6 Å². The van der Waals surface area contributed by atoms with Crippen molar-refractivity contribution < 1.29 is 1.37 Å². The van der Waals surface area contributed by atoms with Crippen LogP contribution < -0.4 is 5.73 Å². The summed E-state index contributed by atoms with van der Waals surface area (Å²) in [4.78, 5) is 6.89. The molecular weight excluding hydrogens is 161 g/mol. The maximum Gasteiger partial charge on any atom is 0.156 e. The molecule has 48 valence electrons. The van der Waals surface area contributed by atoms with E-state index in [1.54, 1.807) is 0 Å². The third-order valence-electron chi connectivity index (χ3n) is 0.741. The fourth-order valence-corrected chi connectivity index (χ4v) is 0.621. The normalized spacial score (nSPS) is 11.1. The van der Waals surface area contributed by atoms with Gasteiger partial charge in [-0.3, -0.25) is 0 Å². The summed E-state index contributed by atoms with van der Waals surface area (Å²) < 4.78 is 6.93. The van der Waals surface area contributed by atoms with Crippen LogP contribution in [0.2, 0.25) is 10.3 Å². The van der Waals surface area contributed by atoms with Crippen LogP contribution in [0, 0.1) is 0 Å².